The van der Waals surface area contributed by atoms with E-state index in [0.717, 1.165) is 44.5 Å². The van der Waals surface area contributed by atoms with Crippen molar-refractivity contribution in [3.8, 4) is 0 Å². The summed E-state index contributed by atoms with van der Waals surface area (Å²) in [6.07, 6.45) is -7.53. The van der Waals surface area contributed by atoms with Gasteiger partial charge in [0.25, 0.3) is 0 Å². The summed E-state index contributed by atoms with van der Waals surface area (Å²) in [7, 11) is 0. The molecule has 0 N–H and O–H groups in total. The molecule has 414 valence electrons. The Morgan fingerprint density at radius 3 is 0.938 bits per heavy atom. The van der Waals surface area contributed by atoms with Gasteiger partial charge in [-0.1, -0.05) is 243 Å². The average molecular weight is 1080 g/mol. The van der Waals surface area contributed by atoms with Crippen molar-refractivity contribution in [3.05, 3.63) is 287 Å². The van der Waals surface area contributed by atoms with Crippen molar-refractivity contribution in [3.63, 3.8) is 0 Å². The maximum atomic E-state index is 7.62. The van der Waals surface area contributed by atoms with Crippen LogP contribution >= 0.6 is 0 Å². The lowest BCUT2D eigenvalue weighted by molar-refractivity contribution is -0.431. The van der Waals surface area contributed by atoms with Crippen LogP contribution in [0.2, 0.25) is 0 Å². The molecule has 0 radical (unpaired) electrons. The molecule has 2 aliphatic rings. The van der Waals surface area contributed by atoms with Gasteiger partial charge >= 0.3 is 0 Å². The maximum Gasteiger partial charge on any atom is 0.198 e. The fourth-order valence-corrected chi connectivity index (χ4v) is 10.2. The van der Waals surface area contributed by atoms with Gasteiger partial charge in [0.15, 0.2) is 12.1 Å². The van der Waals surface area contributed by atoms with Gasteiger partial charge in [-0.05, 0) is 51.4 Å². The number of hydrogen-bond donors (Lipinski definition) is 0. The largest absolute Gasteiger partial charge is 0.374 e. The third-order valence-electron chi connectivity index (χ3n) is 14.3. The zero-order valence-electron chi connectivity index (χ0n) is 45.4. The van der Waals surface area contributed by atoms with Gasteiger partial charge in [-0.2, -0.15) is 0 Å². The molecule has 10 rings (SSSR count). The summed E-state index contributed by atoms with van der Waals surface area (Å²) >= 11 is 0. The molecule has 2 saturated heterocycles. The minimum absolute atomic E-state index is 0.123. The van der Waals surface area contributed by atoms with E-state index in [4.69, 9.17) is 52.1 Å². The van der Waals surface area contributed by atoms with E-state index in [1.807, 2.05) is 250 Å². The Hall–Kier alpha value is -6.68. The fraction of sp³-hybridized carbons (Fsp3) is 0.304. The first-order valence-electron chi connectivity index (χ1n) is 27.7. The first-order chi connectivity index (χ1) is 39.5. The van der Waals surface area contributed by atoms with Crippen LogP contribution in [0.15, 0.2) is 243 Å². The van der Waals surface area contributed by atoms with Crippen LogP contribution in [-0.4, -0.2) is 74.1 Å². The van der Waals surface area contributed by atoms with E-state index in [1.165, 1.54) is 0 Å². The van der Waals surface area contributed by atoms with Crippen molar-refractivity contribution in [2.75, 3.05) is 13.2 Å². The van der Waals surface area contributed by atoms with Crippen LogP contribution in [0, 0.1) is 0 Å². The first-order valence-corrected chi connectivity index (χ1v) is 27.7. The topological polar surface area (TPSA) is 102 Å². The lowest BCUT2D eigenvalue weighted by atomic mass is 9.91. The summed E-state index contributed by atoms with van der Waals surface area (Å²) in [6.45, 7) is 4.28. The smallest absolute Gasteiger partial charge is 0.198 e. The Morgan fingerprint density at radius 2 is 0.575 bits per heavy atom. The summed E-state index contributed by atoms with van der Waals surface area (Å²) < 4.78 is 78.4. The van der Waals surface area contributed by atoms with Gasteiger partial charge in [-0.15, -0.1) is 0 Å². The molecule has 10 atom stereocenters. The van der Waals surface area contributed by atoms with E-state index in [9.17, 15) is 0 Å². The number of hydrogen-bond acceptors (Lipinski definition) is 11. The first kappa shape index (κ1) is 56.6. The van der Waals surface area contributed by atoms with Crippen molar-refractivity contribution >= 4 is 0 Å². The summed E-state index contributed by atoms with van der Waals surface area (Å²) in [6, 6.07) is 80.7. The van der Waals surface area contributed by atoms with E-state index in [-0.39, 0.29) is 52.9 Å². The third-order valence-corrected chi connectivity index (χ3v) is 14.3. The van der Waals surface area contributed by atoms with E-state index in [2.05, 4.69) is 0 Å². The van der Waals surface area contributed by atoms with Gasteiger partial charge in [0.05, 0.1) is 66.1 Å². The van der Waals surface area contributed by atoms with Crippen molar-refractivity contribution < 1.29 is 52.1 Å². The molecule has 0 aliphatic carbocycles. The van der Waals surface area contributed by atoms with E-state index in [0.29, 0.717) is 13.2 Å². The third kappa shape index (κ3) is 16.2. The van der Waals surface area contributed by atoms with E-state index < -0.39 is 60.9 Å². The van der Waals surface area contributed by atoms with Crippen LogP contribution in [0.1, 0.15) is 51.4 Å². The van der Waals surface area contributed by atoms with Crippen LogP contribution in [-0.2, 0) is 105 Å². The molecule has 0 bridgehead atoms. The molecule has 2 heterocycles. The zero-order valence-corrected chi connectivity index (χ0v) is 45.4. The molecule has 2 aliphatic heterocycles. The van der Waals surface area contributed by atoms with Crippen LogP contribution in [0.25, 0.3) is 0 Å². The second-order valence-electron chi connectivity index (χ2n) is 20.4. The standard InChI is InChI=1S/C69H72O11/c1-69(67(77-49-59-40-24-9-25-41-59)65(75-47-57-36-20-7-21-37-57)63(73-45-55-32-16-5-17-33-55)61(79-69)51-71-43-53-28-12-3-13-29-53)80-68-66(76-48-58-38-22-8-23-39-58)64(74-46-56-34-18-6-19-35-56)62(72-44-54-30-14-4-15-31-54)60(78-68)50-70-42-52-26-10-2-11-27-52/h2-41,60-68H,42-51H2,1H3/t60-,61-,62+,63-,64+,65+,66-,67-,68+,69-/m1/s1. The number of ether oxygens (including phenoxy) is 11. The molecule has 8 aromatic rings. The minimum atomic E-state index is -1.64. The van der Waals surface area contributed by atoms with Crippen molar-refractivity contribution in [2.24, 2.45) is 0 Å². The predicted molar refractivity (Wildman–Crippen MR) is 305 cm³/mol. The van der Waals surface area contributed by atoms with Crippen LogP contribution < -0.4 is 0 Å². The SMILES string of the molecule is C[C@]1(O[C@@H]2O[C@H](COCc3ccccc3)[C@H](OCc3ccccc3)[C@H](OCc3ccccc3)[C@H]2OCc2ccccc2)O[C@H](COCc2ccccc2)[C@@H](OCc2ccccc2)[C@H](OCc2ccccc2)[C@H]1OCc1ccccc1. The van der Waals surface area contributed by atoms with Crippen LogP contribution in [0.5, 0.6) is 0 Å². The highest BCUT2D eigenvalue weighted by atomic mass is 16.8. The minimum Gasteiger partial charge on any atom is -0.374 e. The molecule has 0 amide bonds. The van der Waals surface area contributed by atoms with Crippen molar-refractivity contribution in [1.29, 1.82) is 0 Å². The highest BCUT2D eigenvalue weighted by Gasteiger charge is 2.59. The summed E-state index contributed by atoms with van der Waals surface area (Å²) in [5.41, 5.74) is 7.88. The predicted octanol–water partition coefficient (Wildman–Crippen LogP) is 12.8. The highest BCUT2D eigenvalue weighted by Crippen LogP contribution is 2.42. The number of benzene rings is 8. The molecular formula is C69H72O11. The van der Waals surface area contributed by atoms with Gasteiger partial charge in [0, 0.05) is 0 Å². The molecule has 0 spiro atoms. The monoisotopic (exact) mass is 1080 g/mol. The molecule has 11 heteroatoms. The Morgan fingerprint density at radius 1 is 0.300 bits per heavy atom. The van der Waals surface area contributed by atoms with Gasteiger partial charge in [0.1, 0.15) is 48.8 Å². The van der Waals surface area contributed by atoms with Crippen molar-refractivity contribution in [1.82, 2.24) is 0 Å². The lowest BCUT2D eigenvalue weighted by Crippen LogP contribution is -2.70. The number of rotatable bonds is 28. The summed E-state index contributed by atoms with van der Waals surface area (Å²) in [4.78, 5) is 0. The van der Waals surface area contributed by atoms with Crippen LogP contribution in [0.4, 0.5) is 0 Å². The zero-order chi connectivity index (χ0) is 54.4. The van der Waals surface area contributed by atoms with Crippen LogP contribution in [0.3, 0.4) is 0 Å². The Labute approximate surface area is 471 Å². The molecule has 80 heavy (non-hydrogen) atoms. The molecule has 0 aromatic heterocycles. The molecule has 0 unspecified atom stereocenters. The molecule has 0 saturated carbocycles. The van der Waals surface area contributed by atoms with E-state index >= 15 is 0 Å². The molecule has 8 aromatic carbocycles. The van der Waals surface area contributed by atoms with Gasteiger partial charge in [0.2, 0.25) is 0 Å². The average Bonchev–Trinajstić information content (AvgIpc) is 3.60. The van der Waals surface area contributed by atoms with E-state index in [1.54, 1.807) is 0 Å². The Balaban J connectivity index is 1.06. The normalized spacial score (nSPS) is 23.8. The van der Waals surface area contributed by atoms with Gasteiger partial charge in [-0.3, -0.25) is 0 Å². The highest BCUT2D eigenvalue weighted by molar-refractivity contribution is 5.20. The maximum absolute atomic E-state index is 7.62. The second kappa shape index (κ2) is 29.7. The fourth-order valence-electron chi connectivity index (χ4n) is 10.2. The molecule has 11 nitrogen and oxygen atoms in total. The Kier molecular flexibility index (Phi) is 21.0. The van der Waals surface area contributed by atoms with Gasteiger partial charge < -0.3 is 52.1 Å². The summed E-state index contributed by atoms with van der Waals surface area (Å²) in [5.74, 6) is -1.64. The Bertz CT molecular complexity index is 2950. The lowest BCUT2D eigenvalue weighted by Gasteiger charge is -2.53. The second-order valence-corrected chi connectivity index (χ2v) is 20.4. The van der Waals surface area contributed by atoms with Crippen molar-refractivity contribution in [2.45, 2.75) is 121 Å². The molecular weight excluding hydrogens is 1000 g/mol. The van der Waals surface area contributed by atoms with Gasteiger partial charge in [-0.25, -0.2) is 0 Å². The quantitative estimate of drug-likeness (QED) is 0.0469. The summed E-state index contributed by atoms with van der Waals surface area (Å²) in [5, 5.41) is 0. The molecule has 2 fully saturated rings.